The van der Waals surface area contributed by atoms with Crippen molar-refractivity contribution in [2.24, 2.45) is 0 Å². The number of anilines is 1. The summed E-state index contributed by atoms with van der Waals surface area (Å²) < 4.78 is 33.2. The van der Waals surface area contributed by atoms with Crippen LogP contribution in [0.4, 0.5) is 14.5 Å². The van der Waals surface area contributed by atoms with Gasteiger partial charge in [0, 0.05) is 23.0 Å². The molecule has 0 fully saturated rings. The molecule has 0 aliphatic heterocycles. The lowest BCUT2D eigenvalue weighted by molar-refractivity contribution is 0.439. The van der Waals surface area contributed by atoms with Crippen molar-refractivity contribution in [3.05, 3.63) is 70.5 Å². The molecule has 0 aliphatic rings. The monoisotopic (exact) mass is 390 g/mol. The average molecular weight is 391 g/mol. The fourth-order valence-electron chi connectivity index (χ4n) is 2.32. The van der Waals surface area contributed by atoms with E-state index in [1.54, 1.807) is 18.2 Å². The molecule has 2 aromatic carbocycles. The van der Waals surface area contributed by atoms with Gasteiger partial charge in [0.25, 0.3) is 0 Å². The quantitative estimate of drug-likeness (QED) is 0.476. The zero-order valence-electron chi connectivity index (χ0n) is 12.7. The molecule has 0 saturated carbocycles. The molecule has 0 saturated heterocycles. The smallest absolute Gasteiger partial charge is 0.168 e. The molecule has 0 amide bonds. The predicted molar refractivity (Wildman–Crippen MR) is 93.0 cm³/mol. The van der Waals surface area contributed by atoms with Gasteiger partial charge < -0.3 is 10.5 Å². The highest BCUT2D eigenvalue weighted by Crippen LogP contribution is 2.36. The van der Waals surface area contributed by atoms with Gasteiger partial charge in [-0.15, -0.1) is 0 Å². The van der Waals surface area contributed by atoms with E-state index in [9.17, 15) is 8.78 Å². The molecule has 3 aromatic rings. The van der Waals surface area contributed by atoms with E-state index in [1.165, 1.54) is 6.07 Å². The van der Waals surface area contributed by atoms with E-state index < -0.39 is 11.6 Å². The standard InChI is InChI=1S/C18H13BrF2N2O/c1-10-6-11(7-18(19)23-10)14-9-13(22)3-5-16(14)24-17-4-2-12(20)8-15(17)21/h2-9H,22H2,1H3. The van der Waals surface area contributed by atoms with Gasteiger partial charge in [-0.2, -0.15) is 0 Å². The first-order valence-corrected chi connectivity index (χ1v) is 7.88. The van der Waals surface area contributed by atoms with E-state index >= 15 is 0 Å². The van der Waals surface area contributed by atoms with Crippen LogP contribution in [0.2, 0.25) is 0 Å². The maximum absolute atomic E-state index is 13.9. The van der Waals surface area contributed by atoms with Gasteiger partial charge in [0.05, 0.1) is 0 Å². The predicted octanol–water partition coefficient (Wildman–Crippen LogP) is 5.47. The SMILES string of the molecule is Cc1cc(-c2cc(N)ccc2Oc2ccc(F)cc2F)cc(Br)n1. The number of rotatable bonds is 3. The van der Waals surface area contributed by atoms with Crippen molar-refractivity contribution in [2.75, 3.05) is 5.73 Å². The van der Waals surface area contributed by atoms with Crippen LogP contribution >= 0.6 is 15.9 Å². The number of nitrogen functional groups attached to an aromatic ring is 1. The largest absolute Gasteiger partial charge is 0.454 e. The maximum Gasteiger partial charge on any atom is 0.168 e. The maximum atomic E-state index is 13.9. The molecule has 0 radical (unpaired) electrons. The number of hydrogen-bond acceptors (Lipinski definition) is 3. The van der Waals surface area contributed by atoms with Crippen LogP contribution in [0.15, 0.2) is 53.1 Å². The van der Waals surface area contributed by atoms with E-state index in [0.29, 0.717) is 21.6 Å². The van der Waals surface area contributed by atoms with Crippen molar-refractivity contribution in [3.63, 3.8) is 0 Å². The van der Waals surface area contributed by atoms with E-state index in [2.05, 4.69) is 20.9 Å². The number of hydrogen-bond donors (Lipinski definition) is 1. The fraction of sp³-hybridized carbons (Fsp3) is 0.0556. The molecule has 0 bridgehead atoms. The minimum Gasteiger partial charge on any atom is -0.454 e. The first-order chi connectivity index (χ1) is 11.4. The van der Waals surface area contributed by atoms with Crippen LogP contribution in [0.25, 0.3) is 11.1 Å². The summed E-state index contributed by atoms with van der Waals surface area (Å²) in [5.74, 6) is -1.09. The van der Waals surface area contributed by atoms with E-state index in [4.69, 9.17) is 10.5 Å². The lowest BCUT2D eigenvalue weighted by Gasteiger charge is -2.13. The molecule has 122 valence electrons. The number of ether oxygens (including phenoxy) is 1. The summed E-state index contributed by atoms with van der Waals surface area (Å²) in [4.78, 5) is 4.26. The Labute approximate surface area is 146 Å². The minimum absolute atomic E-state index is 0.0627. The number of nitrogens with zero attached hydrogens (tertiary/aromatic N) is 1. The Balaban J connectivity index is 2.08. The van der Waals surface area contributed by atoms with Gasteiger partial charge in [0.2, 0.25) is 0 Å². The normalized spacial score (nSPS) is 10.7. The Morgan fingerprint density at radius 2 is 1.75 bits per heavy atom. The van der Waals surface area contributed by atoms with Gasteiger partial charge in [0.1, 0.15) is 16.2 Å². The number of nitrogens with two attached hydrogens (primary N) is 1. The summed E-state index contributed by atoms with van der Waals surface area (Å²) in [6.45, 7) is 1.86. The fourth-order valence-corrected chi connectivity index (χ4v) is 2.85. The first-order valence-electron chi connectivity index (χ1n) is 7.09. The second-order valence-corrected chi connectivity index (χ2v) is 6.06. The Hall–Kier alpha value is -2.47. The molecule has 2 N–H and O–H groups in total. The van der Waals surface area contributed by atoms with Gasteiger partial charge in [0.15, 0.2) is 11.6 Å². The first kappa shape index (κ1) is 16.4. The second kappa shape index (κ2) is 6.57. The third kappa shape index (κ3) is 3.54. The summed E-state index contributed by atoms with van der Waals surface area (Å²) in [5, 5.41) is 0. The zero-order chi connectivity index (χ0) is 17.3. The van der Waals surface area contributed by atoms with Crippen LogP contribution in [0.1, 0.15) is 5.69 Å². The van der Waals surface area contributed by atoms with Crippen molar-refractivity contribution >= 4 is 21.6 Å². The molecule has 0 atom stereocenters. The lowest BCUT2D eigenvalue weighted by atomic mass is 10.0. The molecular weight excluding hydrogens is 378 g/mol. The lowest BCUT2D eigenvalue weighted by Crippen LogP contribution is -1.95. The molecular formula is C18H13BrF2N2O. The van der Waals surface area contributed by atoms with Crippen LogP contribution in [0.3, 0.4) is 0 Å². The van der Waals surface area contributed by atoms with Crippen molar-refractivity contribution in [2.45, 2.75) is 6.92 Å². The molecule has 0 unspecified atom stereocenters. The van der Waals surface area contributed by atoms with Gasteiger partial charge in [-0.1, -0.05) is 0 Å². The minimum atomic E-state index is -0.773. The van der Waals surface area contributed by atoms with E-state index in [1.807, 2.05) is 19.1 Å². The summed E-state index contributed by atoms with van der Waals surface area (Å²) in [6.07, 6.45) is 0. The summed E-state index contributed by atoms with van der Waals surface area (Å²) in [7, 11) is 0. The van der Waals surface area contributed by atoms with E-state index in [-0.39, 0.29) is 5.75 Å². The zero-order valence-corrected chi connectivity index (χ0v) is 14.3. The second-order valence-electron chi connectivity index (χ2n) is 5.25. The van der Waals surface area contributed by atoms with Crippen LogP contribution in [-0.2, 0) is 0 Å². The van der Waals surface area contributed by atoms with Gasteiger partial charge in [-0.25, -0.2) is 13.8 Å². The van der Waals surface area contributed by atoms with Crippen LogP contribution < -0.4 is 10.5 Å². The van der Waals surface area contributed by atoms with Crippen molar-refractivity contribution in [1.29, 1.82) is 0 Å². The topological polar surface area (TPSA) is 48.1 Å². The Morgan fingerprint density at radius 3 is 2.46 bits per heavy atom. The number of pyridine rings is 1. The summed E-state index contributed by atoms with van der Waals surface area (Å²) in [5.41, 5.74) is 8.73. The third-order valence-corrected chi connectivity index (χ3v) is 3.76. The molecule has 3 rings (SSSR count). The van der Waals surface area contributed by atoms with Gasteiger partial charge >= 0.3 is 0 Å². The van der Waals surface area contributed by atoms with Gasteiger partial charge in [-0.05, 0) is 70.9 Å². The van der Waals surface area contributed by atoms with Crippen molar-refractivity contribution in [3.8, 4) is 22.6 Å². The van der Waals surface area contributed by atoms with Crippen molar-refractivity contribution < 1.29 is 13.5 Å². The Morgan fingerprint density at radius 1 is 1.00 bits per heavy atom. The Bertz CT molecular complexity index is 895. The highest BCUT2D eigenvalue weighted by atomic mass is 79.9. The average Bonchev–Trinajstić information content (AvgIpc) is 2.50. The van der Waals surface area contributed by atoms with Gasteiger partial charge in [-0.3, -0.25) is 0 Å². The number of aryl methyl sites for hydroxylation is 1. The number of halogens is 3. The summed E-state index contributed by atoms with van der Waals surface area (Å²) in [6, 6.07) is 11.9. The number of benzene rings is 2. The van der Waals surface area contributed by atoms with Crippen LogP contribution in [-0.4, -0.2) is 4.98 Å². The van der Waals surface area contributed by atoms with E-state index in [0.717, 1.165) is 23.4 Å². The highest BCUT2D eigenvalue weighted by Gasteiger charge is 2.13. The van der Waals surface area contributed by atoms with Crippen LogP contribution in [0.5, 0.6) is 11.5 Å². The van der Waals surface area contributed by atoms with Crippen LogP contribution in [0, 0.1) is 18.6 Å². The molecule has 0 spiro atoms. The number of aromatic nitrogens is 1. The third-order valence-electron chi connectivity index (χ3n) is 3.35. The molecule has 0 aliphatic carbocycles. The Kier molecular flexibility index (Phi) is 4.49. The van der Waals surface area contributed by atoms with Crippen molar-refractivity contribution in [1.82, 2.24) is 4.98 Å². The highest BCUT2D eigenvalue weighted by molar-refractivity contribution is 9.10. The summed E-state index contributed by atoms with van der Waals surface area (Å²) >= 11 is 3.35. The molecule has 6 heteroatoms. The molecule has 24 heavy (non-hydrogen) atoms. The molecule has 3 nitrogen and oxygen atoms in total. The molecule has 1 aromatic heterocycles. The molecule has 1 heterocycles.